The Morgan fingerprint density at radius 2 is 1.77 bits per heavy atom. The van der Waals surface area contributed by atoms with Gasteiger partial charge in [0.2, 0.25) is 0 Å². The molecule has 2 aromatic rings. The maximum absolute atomic E-state index is 12.1. The molecule has 3 rings (SSSR count). The van der Waals surface area contributed by atoms with E-state index in [2.05, 4.69) is 5.32 Å². The third-order valence-corrected chi connectivity index (χ3v) is 3.80. The number of amides is 1. The second-order valence-electron chi connectivity index (χ2n) is 5.30. The Morgan fingerprint density at radius 1 is 1.14 bits per heavy atom. The van der Waals surface area contributed by atoms with Crippen molar-refractivity contribution >= 4 is 6.09 Å². The molecule has 0 aliphatic carbocycles. The zero-order chi connectivity index (χ0) is 15.4. The van der Waals surface area contributed by atoms with Crippen LogP contribution in [0.3, 0.4) is 0 Å². The van der Waals surface area contributed by atoms with E-state index in [1.165, 1.54) is 0 Å². The third kappa shape index (κ3) is 2.97. The number of carbonyl (C=O) groups excluding carboxylic acids is 1. The molecule has 1 heterocycles. The zero-order valence-electron chi connectivity index (χ0n) is 12.5. The highest BCUT2D eigenvalue weighted by Crippen LogP contribution is 2.45. The van der Waals surface area contributed by atoms with Crippen molar-refractivity contribution in [1.82, 2.24) is 5.32 Å². The molecule has 2 unspecified atom stereocenters. The van der Waals surface area contributed by atoms with E-state index in [-0.39, 0.29) is 12.7 Å². The van der Waals surface area contributed by atoms with Gasteiger partial charge in [-0.2, -0.15) is 0 Å². The van der Waals surface area contributed by atoms with Gasteiger partial charge in [-0.15, -0.1) is 0 Å². The zero-order valence-corrected chi connectivity index (χ0v) is 12.5. The summed E-state index contributed by atoms with van der Waals surface area (Å²) in [5.41, 5.74) is 1.15. The van der Waals surface area contributed by atoms with Gasteiger partial charge in [-0.1, -0.05) is 67.6 Å². The first-order valence-corrected chi connectivity index (χ1v) is 7.47. The van der Waals surface area contributed by atoms with Crippen LogP contribution in [0.1, 0.15) is 24.5 Å². The molecule has 1 N–H and O–H groups in total. The Bertz CT molecular complexity index is 629. The Morgan fingerprint density at radius 3 is 2.36 bits per heavy atom. The number of carbonyl (C=O) groups is 1. The van der Waals surface area contributed by atoms with E-state index in [0.717, 1.165) is 17.5 Å². The largest absolute Gasteiger partial charge is 0.445 e. The van der Waals surface area contributed by atoms with Crippen molar-refractivity contribution in [1.29, 1.82) is 0 Å². The standard InChI is InChI=1S/C18H19NO3/c1-2-16-18(22-16,15-11-7-4-8-12-15)19-17(20)21-13-14-9-5-3-6-10-14/h3-12,16H,2,13H2,1H3,(H,19,20). The van der Waals surface area contributed by atoms with Gasteiger partial charge in [-0.05, 0) is 12.0 Å². The number of alkyl carbamates (subject to hydrolysis) is 1. The van der Waals surface area contributed by atoms with Gasteiger partial charge in [-0.25, -0.2) is 4.79 Å². The molecule has 1 aliphatic rings. The Hall–Kier alpha value is -2.33. The lowest BCUT2D eigenvalue weighted by atomic mass is 10.0. The van der Waals surface area contributed by atoms with Gasteiger partial charge >= 0.3 is 6.09 Å². The molecule has 22 heavy (non-hydrogen) atoms. The summed E-state index contributed by atoms with van der Waals surface area (Å²) >= 11 is 0. The fourth-order valence-corrected chi connectivity index (χ4v) is 2.59. The fourth-order valence-electron chi connectivity index (χ4n) is 2.59. The number of nitrogens with one attached hydrogen (secondary N) is 1. The molecule has 4 nitrogen and oxygen atoms in total. The number of benzene rings is 2. The Kier molecular flexibility index (Phi) is 4.11. The minimum Gasteiger partial charge on any atom is -0.445 e. The minimum atomic E-state index is -0.746. The van der Waals surface area contributed by atoms with Crippen LogP contribution in [0, 0.1) is 0 Å². The predicted octanol–water partition coefficient (Wildman–Crippen LogP) is 3.57. The lowest BCUT2D eigenvalue weighted by Crippen LogP contribution is -2.38. The number of hydrogen-bond acceptors (Lipinski definition) is 3. The van der Waals surface area contributed by atoms with Crippen molar-refractivity contribution in [3.05, 3.63) is 71.8 Å². The second kappa shape index (κ2) is 6.20. The van der Waals surface area contributed by atoms with Gasteiger partial charge in [0.1, 0.15) is 12.7 Å². The summed E-state index contributed by atoms with van der Waals surface area (Å²) in [5, 5.41) is 2.87. The van der Waals surface area contributed by atoms with Crippen molar-refractivity contribution in [2.24, 2.45) is 0 Å². The van der Waals surface area contributed by atoms with E-state index in [0.29, 0.717) is 0 Å². The van der Waals surface area contributed by atoms with Crippen molar-refractivity contribution in [2.45, 2.75) is 31.8 Å². The molecule has 0 aromatic heterocycles. The molecule has 114 valence electrons. The highest BCUT2D eigenvalue weighted by molar-refractivity contribution is 5.69. The maximum atomic E-state index is 12.1. The minimum absolute atomic E-state index is 0.0147. The lowest BCUT2D eigenvalue weighted by molar-refractivity contribution is 0.123. The molecular weight excluding hydrogens is 278 g/mol. The SMILES string of the molecule is CCC1OC1(NC(=O)OCc1ccccc1)c1ccccc1. The topological polar surface area (TPSA) is 50.9 Å². The molecule has 2 aromatic carbocycles. The average molecular weight is 297 g/mol. The number of hydrogen-bond donors (Lipinski definition) is 1. The lowest BCUT2D eigenvalue weighted by Gasteiger charge is -2.15. The van der Waals surface area contributed by atoms with Crippen LogP contribution in [0.5, 0.6) is 0 Å². The summed E-state index contributed by atoms with van der Waals surface area (Å²) < 4.78 is 11.0. The summed E-state index contributed by atoms with van der Waals surface area (Å²) in [6.07, 6.45) is 0.344. The first-order chi connectivity index (χ1) is 10.7. The van der Waals surface area contributed by atoms with Gasteiger partial charge in [0.15, 0.2) is 5.72 Å². The molecule has 2 atom stereocenters. The van der Waals surface area contributed by atoms with Gasteiger partial charge in [0, 0.05) is 5.56 Å². The first kappa shape index (κ1) is 14.6. The van der Waals surface area contributed by atoms with Gasteiger partial charge in [0.05, 0.1) is 0 Å². The molecular formula is C18H19NO3. The van der Waals surface area contributed by atoms with E-state index in [1.54, 1.807) is 0 Å². The predicted molar refractivity (Wildman–Crippen MR) is 83.0 cm³/mol. The molecule has 0 radical (unpaired) electrons. The van der Waals surface area contributed by atoms with Gasteiger partial charge in [-0.3, -0.25) is 5.32 Å². The summed E-state index contributed by atoms with van der Waals surface area (Å²) in [4.78, 5) is 12.1. The van der Waals surface area contributed by atoms with Crippen LogP contribution in [-0.2, 0) is 21.8 Å². The summed E-state index contributed by atoms with van der Waals surface area (Å²) in [7, 11) is 0. The third-order valence-electron chi connectivity index (χ3n) is 3.80. The van der Waals surface area contributed by atoms with Crippen LogP contribution in [0.2, 0.25) is 0 Å². The van der Waals surface area contributed by atoms with Crippen molar-refractivity contribution in [3.63, 3.8) is 0 Å². The Balaban J connectivity index is 1.64. The Labute approximate surface area is 130 Å². The van der Waals surface area contributed by atoms with E-state index in [4.69, 9.17) is 9.47 Å². The molecule has 0 saturated carbocycles. The van der Waals surface area contributed by atoms with Crippen LogP contribution in [0.4, 0.5) is 4.79 Å². The molecule has 4 heteroatoms. The molecule has 1 amide bonds. The first-order valence-electron chi connectivity index (χ1n) is 7.47. The van der Waals surface area contributed by atoms with E-state index >= 15 is 0 Å². The van der Waals surface area contributed by atoms with Crippen LogP contribution in [0.25, 0.3) is 0 Å². The monoisotopic (exact) mass is 297 g/mol. The van der Waals surface area contributed by atoms with E-state index < -0.39 is 11.8 Å². The van der Waals surface area contributed by atoms with E-state index in [1.807, 2.05) is 67.6 Å². The van der Waals surface area contributed by atoms with Crippen LogP contribution < -0.4 is 5.32 Å². The number of rotatable bonds is 5. The molecule has 1 fully saturated rings. The second-order valence-corrected chi connectivity index (χ2v) is 5.30. The van der Waals surface area contributed by atoms with Crippen molar-refractivity contribution < 1.29 is 14.3 Å². The normalized spacial score (nSPS) is 22.9. The summed E-state index contributed by atoms with van der Waals surface area (Å²) in [6, 6.07) is 19.3. The highest BCUT2D eigenvalue weighted by atomic mass is 16.6. The number of ether oxygens (including phenoxy) is 2. The van der Waals surface area contributed by atoms with Gasteiger partial charge < -0.3 is 9.47 Å². The molecule has 0 bridgehead atoms. The highest BCUT2D eigenvalue weighted by Gasteiger charge is 2.58. The van der Waals surface area contributed by atoms with Crippen molar-refractivity contribution in [3.8, 4) is 0 Å². The molecule has 1 saturated heterocycles. The molecule has 0 spiro atoms. The maximum Gasteiger partial charge on any atom is 0.410 e. The summed E-state index contributed by atoms with van der Waals surface area (Å²) in [6.45, 7) is 2.28. The van der Waals surface area contributed by atoms with Crippen LogP contribution >= 0.6 is 0 Å². The summed E-state index contributed by atoms with van der Waals surface area (Å²) in [5.74, 6) is 0. The number of epoxide rings is 1. The van der Waals surface area contributed by atoms with Crippen LogP contribution in [0.15, 0.2) is 60.7 Å². The van der Waals surface area contributed by atoms with Crippen LogP contribution in [-0.4, -0.2) is 12.2 Å². The van der Waals surface area contributed by atoms with Gasteiger partial charge in [0.25, 0.3) is 0 Å². The smallest absolute Gasteiger partial charge is 0.410 e. The fraction of sp³-hybridized carbons (Fsp3) is 0.278. The quantitative estimate of drug-likeness (QED) is 0.858. The van der Waals surface area contributed by atoms with Crippen molar-refractivity contribution in [2.75, 3.05) is 0 Å². The molecule has 1 aliphatic heterocycles. The van der Waals surface area contributed by atoms with E-state index in [9.17, 15) is 4.79 Å². The average Bonchev–Trinajstić information content (AvgIpc) is 3.29.